The number of rotatable bonds is 10. The number of pyridine rings is 1. The summed E-state index contributed by atoms with van der Waals surface area (Å²) in [5.41, 5.74) is 3.37. The van der Waals surface area contributed by atoms with Crippen LogP contribution in [0.1, 0.15) is 71.2 Å². The monoisotopic (exact) mass is 625 g/mol. The van der Waals surface area contributed by atoms with Crippen LogP contribution >= 0.6 is 0 Å². The first-order valence-corrected chi connectivity index (χ1v) is 15.1. The minimum Gasteiger partial charge on any atom is -0.470 e. The van der Waals surface area contributed by atoms with E-state index in [4.69, 9.17) is 14.5 Å². The molecule has 0 unspecified atom stereocenters. The number of carbonyl (C=O) groups excluding carboxylic acids is 4. The molecule has 0 spiro atoms. The molecular formula is C31H31N9O6. The third-order valence-electron chi connectivity index (χ3n) is 8.24. The third-order valence-corrected chi connectivity index (χ3v) is 8.24. The lowest BCUT2D eigenvalue weighted by atomic mass is 10.1. The number of fused-ring (bicyclic) bond motifs is 1. The number of esters is 1. The van der Waals surface area contributed by atoms with Crippen LogP contribution in [0, 0.1) is 12.8 Å². The van der Waals surface area contributed by atoms with Crippen molar-refractivity contribution in [1.82, 2.24) is 34.2 Å². The topological polar surface area (TPSA) is 174 Å². The Morgan fingerprint density at radius 3 is 2.65 bits per heavy atom. The Balaban J connectivity index is 1.13. The van der Waals surface area contributed by atoms with Crippen LogP contribution in [-0.2, 0) is 20.9 Å². The fourth-order valence-electron chi connectivity index (χ4n) is 5.49. The Kier molecular flexibility index (Phi) is 7.29. The fraction of sp³-hybridized carbons (Fsp3) is 0.387. The van der Waals surface area contributed by atoms with Crippen LogP contribution < -0.4 is 15.0 Å². The minimum absolute atomic E-state index is 0.0120. The molecule has 4 aromatic heterocycles. The summed E-state index contributed by atoms with van der Waals surface area (Å²) in [6.45, 7) is 3.51. The van der Waals surface area contributed by atoms with Gasteiger partial charge in [-0.05, 0) is 56.7 Å². The molecule has 0 aromatic carbocycles. The number of carbonyl (C=O) groups is 4. The number of nitrogens with zero attached hydrogens (tertiary/aromatic N) is 8. The van der Waals surface area contributed by atoms with Gasteiger partial charge in [-0.15, -0.1) is 0 Å². The van der Waals surface area contributed by atoms with Crippen molar-refractivity contribution in [3.63, 3.8) is 0 Å². The molecule has 1 aliphatic heterocycles. The molecule has 3 aliphatic rings. The van der Waals surface area contributed by atoms with Crippen molar-refractivity contribution in [1.29, 1.82) is 0 Å². The third kappa shape index (κ3) is 5.59. The van der Waals surface area contributed by atoms with E-state index in [9.17, 15) is 19.2 Å². The van der Waals surface area contributed by atoms with Gasteiger partial charge in [0, 0.05) is 43.2 Å². The van der Waals surface area contributed by atoms with Crippen molar-refractivity contribution >= 4 is 41.1 Å². The van der Waals surface area contributed by atoms with E-state index in [0.717, 1.165) is 29.0 Å². The van der Waals surface area contributed by atoms with E-state index in [2.05, 4.69) is 25.3 Å². The number of amides is 4. The maximum atomic E-state index is 13.0. The van der Waals surface area contributed by atoms with Crippen LogP contribution in [0.2, 0.25) is 0 Å². The summed E-state index contributed by atoms with van der Waals surface area (Å²) in [5, 5.41) is 2.71. The van der Waals surface area contributed by atoms with Gasteiger partial charge in [0.1, 0.15) is 24.5 Å². The van der Waals surface area contributed by atoms with Crippen molar-refractivity contribution in [3.8, 4) is 5.88 Å². The quantitative estimate of drug-likeness (QED) is 0.203. The first-order valence-electron chi connectivity index (χ1n) is 15.1. The number of anilines is 2. The summed E-state index contributed by atoms with van der Waals surface area (Å²) in [5.74, 6) is -0.800. The molecule has 46 heavy (non-hydrogen) atoms. The molecule has 0 radical (unpaired) electrons. The van der Waals surface area contributed by atoms with Crippen LogP contribution in [-0.4, -0.2) is 78.2 Å². The summed E-state index contributed by atoms with van der Waals surface area (Å²) in [4.78, 5) is 75.3. The number of hydrogen-bond donors (Lipinski definition) is 1. The molecule has 2 aliphatic carbocycles. The molecule has 15 heteroatoms. The molecule has 4 aromatic rings. The summed E-state index contributed by atoms with van der Waals surface area (Å²) in [7, 11) is 1.46. The molecule has 236 valence electrons. The van der Waals surface area contributed by atoms with Crippen molar-refractivity contribution in [2.45, 2.75) is 51.6 Å². The molecule has 15 nitrogen and oxygen atoms in total. The van der Waals surface area contributed by atoms with Gasteiger partial charge in [-0.1, -0.05) is 0 Å². The molecule has 1 saturated heterocycles. The lowest BCUT2D eigenvalue weighted by Crippen LogP contribution is -2.30. The van der Waals surface area contributed by atoms with Crippen LogP contribution in [0.5, 0.6) is 5.88 Å². The number of ether oxygens (including phenoxy) is 2. The lowest BCUT2D eigenvalue weighted by Gasteiger charge is -2.17. The van der Waals surface area contributed by atoms with E-state index < -0.39 is 12.0 Å². The van der Waals surface area contributed by atoms with E-state index in [1.54, 1.807) is 25.4 Å². The second-order valence-corrected chi connectivity index (χ2v) is 11.6. The highest BCUT2D eigenvalue weighted by molar-refractivity contribution is 6.13. The second-order valence-electron chi connectivity index (χ2n) is 11.6. The summed E-state index contributed by atoms with van der Waals surface area (Å²) in [6, 6.07) is 3.30. The summed E-state index contributed by atoms with van der Waals surface area (Å²) < 4.78 is 13.0. The number of aromatic nitrogens is 6. The predicted molar refractivity (Wildman–Crippen MR) is 161 cm³/mol. The standard InChI is InChI=1S/C31H31N9O6/c1-4-45-29(43)22-11-33-30(36-27(42)21-10-20(21)25-32-8-7-16(2)34-25)37-28(22)46-15-19-13-39-12-18(17-5-6-17)9-23(26(39)35-19)40-14-24(41)38(3)31(40)44/h7-9,11-13,17,20-21H,4-6,10,14-15H2,1-3H3,(H,33,36,37,42)/t20-,21-/m0/s1. The normalized spacial score (nSPS) is 19.1. The van der Waals surface area contributed by atoms with Gasteiger partial charge in [-0.2, -0.15) is 4.98 Å². The van der Waals surface area contributed by atoms with Gasteiger partial charge in [0.25, 0.3) is 0 Å². The number of imide groups is 1. The van der Waals surface area contributed by atoms with Crippen LogP contribution in [0.25, 0.3) is 5.65 Å². The zero-order valence-electron chi connectivity index (χ0n) is 25.5. The van der Waals surface area contributed by atoms with E-state index in [0.29, 0.717) is 35.2 Å². The number of aryl methyl sites for hydroxylation is 1. The number of imidazole rings is 1. The van der Waals surface area contributed by atoms with E-state index in [1.165, 1.54) is 18.1 Å². The van der Waals surface area contributed by atoms with Gasteiger partial charge in [-0.3, -0.25) is 24.7 Å². The Morgan fingerprint density at radius 2 is 1.93 bits per heavy atom. The zero-order valence-corrected chi connectivity index (χ0v) is 25.5. The number of hydrogen-bond acceptors (Lipinski definition) is 11. The highest BCUT2D eigenvalue weighted by Crippen LogP contribution is 2.46. The van der Waals surface area contributed by atoms with Crippen molar-refractivity contribution in [2.75, 3.05) is 30.4 Å². The Hall–Kier alpha value is -5.47. The molecule has 2 atom stereocenters. The molecule has 7 rings (SSSR count). The predicted octanol–water partition coefficient (Wildman–Crippen LogP) is 3.00. The number of likely N-dealkylation sites (N-methyl/N-ethyl adjacent to an activating group) is 1. The summed E-state index contributed by atoms with van der Waals surface area (Å²) >= 11 is 0. The Labute approximate surface area is 263 Å². The number of urea groups is 1. The molecule has 2 saturated carbocycles. The van der Waals surface area contributed by atoms with Crippen molar-refractivity contribution in [2.24, 2.45) is 5.92 Å². The SMILES string of the molecule is CCOC(=O)c1cnc(NC(=O)[C@H]2C[C@@H]2c2nccc(C)n2)nc1OCc1cn2cc(C3CC3)cc(N3CC(=O)N(C)C3=O)c2n1. The van der Waals surface area contributed by atoms with Crippen molar-refractivity contribution < 1.29 is 28.7 Å². The van der Waals surface area contributed by atoms with Gasteiger partial charge in [0.05, 0.1) is 24.2 Å². The van der Waals surface area contributed by atoms with Gasteiger partial charge in [0.15, 0.2) is 5.65 Å². The first-order chi connectivity index (χ1) is 22.2. The van der Waals surface area contributed by atoms with E-state index in [1.807, 2.05) is 23.6 Å². The first kappa shape index (κ1) is 29.3. The molecule has 3 fully saturated rings. The highest BCUT2D eigenvalue weighted by Gasteiger charge is 2.46. The maximum Gasteiger partial charge on any atom is 0.345 e. The summed E-state index contributed by atoms with van der Waals surface area (Å²) in [6.07, 6.45) is 9.36. The zero-order chi connectivity index (χ0) is 32.1. The maximum absolute atomic E-state index is 13.0. The Bertz CT molecular complexity index is 1900. The van der Waals surface area contributed by atoms with Crippen molar-refractivity contribution in [3.05, 3.63) is 65.3 Å². The minimum atomic E-state index is -0.679. The van der Waals surface area contributed by atoms with E-state index in [-0.39, 0.29) is 60.8 Å². The van der Waals surface area contributed by atoms with Crippen LogP contribution in [0.15, 0.2) is 36.9 Å². The smallest absolute Gasteiger partial charge is 0.345 e. The molecule has 0 bridgehead atoms. The number of nitrogens with one attached hydrogen (secondary N) is 1. The van der Waals surface area contributed by atoms with Crippen LogP contribution in [0.4, 0.5) is 16.4 Å². The molecular weight excluding hydrogens is 594 g/mol. The average Bonchev–Trinajstić information content (AvgIpc) is 3.97. The van der Waals surface area contributed by atoms with Gasteiger partial charge in [0.2, 0.25) is 23.6 Å². The van der Waals surface area contributed by atoms with Gasteiger partial charge < -0.3 is 13.9 Å². The molecule has 4 amide bonds. The van der Waals surface area contributed by atoms with Gasteiger partial charge >= 0.3 is 12.0 Å². The fourth-order valence-corrected chi connectivity index (χ4v) is 5.49. The second kappa shape index (κ2) is 11.5. The average molecular weight is 626 g/mol. The largest absolute Gasteiger partial charge is 0.470 e. The Morgan fingerprint density at radius 1 is 1.11 bits per heavy atom. The van der Waals surface area contributed by atoms with E-state index >= 15 is 0 Å². The van der Waals surface area contributed by atoms with Crippen LogP contribution in [0.3, 0.4) is 0 Å². The molecule has 1 N–H and O–H groups in total. The lowest BCUT2D eigenvalue weighted by molar-refractivity contribution is -0.124. The molecule has 5 heterocycles. The van der Waals surface area contributed by atoms with Gasteiger partial charge in [-0.25, -0.2) is 29.5 Å². The highest BCUT2D eigenvalue weighted by atomic mass is 16.5.